The number of para-hydroxylation sites is 1. The Morgan fingerprint density at radius 2 is 2.14 bits per heavy atom. The van der Waals surface area contributed by atoms with Crippen LogP contribution in [0.1, 0.15) is 19.4 Å². The van der Waals surface area contributed by atoms with Crippen molar-refractivity contribution in [2.75, 3.05) is 11.4 Å². The van der Waals surface area contributed by atoms with Crippen molar-refractivity contribution in [2.24, 2.45) is 0 Å². The number of fused-ring (bicyclic) bond motifs is 1. The van der Waals surface area contributed by atoms with Crippen LogP contribution in [-0.4, -0.2) is 18.4 Å². The van der Waals surface area contributed by atoms with Crippen LogP contribution in [0.5, 0.6) is 0 Å². The van der Waals surface area contributed by atoms with Crippen LogP contribution in [-0.2, 0) is 11.2 Å². The van der Waals surface area contributed by atoms with E-state index >= 15 is 0 Å². The van der Waals surface area contributed by atoms with Gasteiger partial charge in [-0.15, -0.1) is 0 Å². The van der Waals surface area contributed by atoms with Crippen LogP contribution in [0.3, 0.4) is 0 Å². The van der Waals surface area contributed by atoms with Gasteiger partial charge in [-0.05, 0) is 31.9 Å². The zero-order valence-corrected chi connectivity index (χ0v) is 8.66. The zero-order chi connectivity index (χ0) is 10.1. The molecule has 0 saturated heterocycles. The van der Waals surface area contributed by atoms with Gasteiger partial charge in [-0.2, -0.15) is 0 Å². The van der Waals surface area contributed by atoms with Gasteiger partial charge in [0.25, 0.3) is 0 Å². The summed E-state index contributed by atoms with van der Waals surface area (Å²) in [5.41, 5.74) is 2.59. The number of anilines is 1. The molecule has 2 nitrogen and oxygen atoms in total. The molecule has 1 aromatic carbocycles. The first-order valence-electron chi connectivity index (χ1n) is 5.05. The maximum absolute atomic E-state index is 11.3. The van der Waals surface area contributed by atoms with Crippen LogP contribution < -0.4 is 4.90 Å². The molecule has 1 aliphatic heterocycles. The summed E-state index contributed by atoms with van der Waals surface area (Å²) < 4.78 is 0. The molecule has 0 radical (unpaired) electrons. The summed E-state index contributed by atoms with van der Waals surface area (Å²) in [4.78, 5) is 13.5. The van der Waals surface area contributed by atoms with Crippen molar-refractivity contribution in [3.8, 4) is 0 Å². The Labute approximate surface area is 84.5 Å². The minimum absolute atomic E-state index is 0.0126. The van der Waals surface area contributed by atoms with Gasteiger partial charge in [0.05, 0.1) is 6.04 Å². The first kappa shape index (κ1) is 9.25. The fourth-order valence-electron chi connectivity index (χ4n) is 1.99. The topological polar surface area (TPSA) is 20.3 Å². The molecule has 0 saturated carbocycles. The number of nitrogens with zero attached hydrogens (tertiary/aromatic N) is 1. The number of rotatable bonds is 2. The largest absolute Gasteiger partial charge is 0.361 e. The molecule has 0 aliphatic carbocycles. The van der Waals surface area contributed by atoms with E-state index in [1.807, 2.05) is 13.0 Å². The smallest absolute Gasteiger partial charge is 0.151 e. The lowest BCUT2D eigenvalue weighted by Crippen LogP contribution is -2.36. The normalized spacial score (nSPS) is 16.6. The van der Waals surface area contributed by atoms with E-state index in [4.69, 9.17) is 0 Å². The van der Waals surface area contributed by atoms with E-state index in [1.54, 1.807) is 6.92 Å². The zero-order valence-electron chi connectivity index (χ0n) is 8.66. The minimum Gasteiger partial charge on any atom is -0.361 e. The number of hydrogen-bond donors (Lipinski definition) is 0. The predicted octanol–water partition coefficient (Wildman–Crippen LogP) is 2.03. The minimum atomic E-state index is 0.0126. The molecule has 1 aromatic rings. The summed E-state index contributed by atoms with van der Waals surface area (Å²) in [5, 5.41) is 0. The fourth-order valence-corrected chi connectivity index (χ4v) is 1.99. The van der Waals surface area contributed by atoms with Gasteiger partial charge in [-0.1, -0.05) is 18.2 Å². The summed E-state index contributed by atoms with van der Waals surface area (Å²) >= 11 is 0. The number of Topliss-reactive ketones (excluding diaryl/α,β-unsaturated/α-hetero) is 1. The number of carbonyl (C=O) groups excluding carboxylic acids is 1. The summed E-state index contributed by atoms with van der Waals surface area (Å²) in [6.07, 6.45) is 1.06. The van der Waals surface area contributed by atoms with Crippen molar-refractivity contribution < 1.29 is 4.79 Å². The van der Waals surface area contributed by atoms with Crippen molar-refractivity contribution >= 4 is 11.5 Å². The molecule has 0 bridgehead atoms. The molecule has 0 aromatic heterocycles. The first-order chi connectivity index (χ1) is 6.70. The van der Waals surface area contributed by atoms with Crippen LogP contribution in [0.2, 0.25) is 0 Å². The molecule has 2 heteroatoms. The molecule has 1 atom stereocenters. The molecule has 1 aliphatic rings. The highest BCUT2D eigenvalue weighted by molar-refractivity contribution is 5.85. The summed E-state index contributed by atoms with van der Waals surface area (Å²) in [6.45, 7) is 4.61. The quantitative estimate of drug-likeness (QED) is 0.709. The SMILES string of the molecule is CC(=O)C(C)N1CCc2ccccc21. The molecule has 2 rings (SSSR count). The molecular formula is C12H15NO. The number of hydrogen-bond acceptors (Lipinski definition) is 2. The molecule has 14 heavy (non-hydrogen) atoms. The van der Waals surface area contributed by atoms with Crippen LogP contribution in [0.4, 0.5) is 5.69 Å². The predicted molar refractivity (Wildman–Crippen MR) is 57.6 cm³/mol. The molecule has 0 N–H and O–H groups in total. The van der Waals surface area contributed by atoms with Gasteiger partial charge in [-0.3, -0.25) is 4.79 Å². The van der Waals surface area contributed by atoms with Crippen LogP contribution in [0, 0.1) is 0 Å². The Bertz CT molecular complexity index is 359. The van der Waals surface area contributed by atoms with Crippen LogP contribution >= 0.6 is 0 Å². The van der Waals surface area contributed by atoms with E-state index in [0.717, 1.165) is 13.0 Å². The Morgan fingerprint density at radius 3 is 2.86 bits per heavy atom. The average molecular weight is 189 g/mol. The highest BCUT2D eigenvalue weighted by Crippen LogP contribution is 2.29. The third kappa shape index (κ3) is 1.41. The third-order valence-electron chi connectivity index (χ3n) is 2.98. The Hall–Kier alpha value is -1.31. The fraction of sp³-hybridized carbons (Fsp3) is 0.417. The number of carbonyl (C=O) groups is 1. The van der Waals surface area contributed by atoms with E-state index in [-0.39, 0.29) is 11.8 Å². The standard InChI is InChI=1S/C12H15NO/c1-9(10(2)14)13-8-7-11-5-3-4-6-12(11)13/h3-6,9H,7-8H2,1-2H3. The Morgan fingerprint density at radius 1 is 1.43 bits per heavy atom. The number of benzene rings is 1. The van der Waals surface area contributed by atoms with Gasteiger partial charge in [0.15, 0.2) is 5.78 Å². The lowest BCUT2D eigenvalue weighted by atomic mass is 10.1. The van der Waals surface area contributed by atoms with Crippen molar-refractivity contribution in [1.82, 2.24) is 0 Å². The molecule has 0 fully saturated rings. The Kier molecular flexibility index (Phi) is 2.28. The van der Waals surface area contributed by atoms with Gasteiger partial charge in [0.1, 0.15) is 0 Å². The molecule has 1 heterocycles. The third-order valence-corrected chi connectivity index (χ3v) is 2.98. The summed E-state index contributed by atoms with van der Waals surface area (Å²) in [6, 6.07) is 8.34. The van der Waals surface area contributed by atoms with Crippen LogP contribution in [0.25, 0.3) is 0 Å². The molecule has 74 valence electrons. The van der Waals surface area contributed by atoms with Gasteiger partial charge in [0, 0.05) is 12.2 Å². The van der Waals surface area contributed by atoms with E-state index in [0.29, 0.717) is 0 Å². The first-order valence-corrected chi connectivity index (χ1v) is 5.05. The Balaban J connectivity index is 2.30. The lowest BCUT2D eigenvalue weighted by molar-refractivity contribution is -0.117. The van der Waals surface area contributed by atoms with Crippen LogP contribution in [0.15, 0.2) is 24.3 Å². The number of ketones is 1. The maximum atomic E-state index is 11.3. The van der Waals surface area contributed by atoms with Crippen molar-refractivity contribution in [3.63, 3.8) is 0 Å². The highest BCUT2D eigenvalue weighted by Gasteiger charge is 2.24. The molecule has 1 unspecified atom stereocenters. The van der Waals surface area contributed by atoms with Crippen molar-refractivity contribution in [3.05, 3.63) is 29.8 Å². The van der Waals surface area contributed by atoms with E-state index in [1.165, 1.54) is 11.3 Å². The van der Waals surface area contributed by atoms with E-state index in [9.17, 15) is 4.79 Å². The summed E-state index contributed by atoms with van der Waals surface area (Å²) in [7, 11) is 0. The monoisotopic (exact) mass is 189 g/mol. The second-order valence-corrected chi connectivity index (χ2v) is 3.86. The molecule has 0 spiro atoms. The molecular weight excluding hydrogens is 174 g/mol. The van der Waals surface area contributed by atoms with Crippen molar-refractivity contribution in [1.29, 1.82) is 0 Å². The van der Waals surface area contributed by atoms with Gasteiger partial charge < -0.3 is 4.90 Å². The average Bonchev–Trinajstić information content (AvgIpc) is 2.60. The second kappa shape index (κ2) is 3.45. The van der Waals surface area contributed by atoms with Gasteiger partial charge in [0.2, 0.25) is 0 Å². The van der Waals surface area contributed by atoms with E-state index in [2.05, 4.69) is 23.1 Å². The van der Waals surface area contributed by atoms with Gasteiger partial charge in [-0.25, -0.2) is 0 Å². The summed E-state index contributed by atoms with van der Waals surface area (Å²) in [5.74, 6) is 0.238. The lowest BCUT2D eigenvalue weighted by Gasteiger charge is -2.24. The van der Waals surface area contributed by atoms with E-state index < -0.39 is 0 Å². The maximum Gasteiger partial charge on any atom is 0.151 e. The highest BCUT2D eigenvalue weighted by atomic mass is 16.1. The second-order valence-electron chi connectivity index (χ2n) is 3.86. The van der Waals surface area contributed by atoms with Crippen molar-refractivity contribution in [2.45, 2.75) is 26.3 Å². The molecule has 0 amide bonds. The van der Waals surface area contributed by atoms with Gasteiger partial charge >= 0.3 is 0 Å².